The van der Waals surface area contributed by atoms with Gasteiger partial charge in [0, 0.05) is 18.8 Å². The number of carbonyl (C=O) groups is 1. The molecule has 26 heavy (non-hydrogen) atoms. The van der Waals surface area contributed by atoms with Gasteiger partial charge in [0.2, 0.25) is 0 Å². The van der Waals surface area contributed by atoms with Crippen molar-refractivity contribution in [2.75, 3.05) is 44.7 Å². The second kappa shape index (κ2) is 9.81. The van der Waals surface area contributed by atoms with E-state index in [0.29, 0.717) is 6.61 Å². The summed E-state index contributed by atoms with van der Waals surface area (Å²) in [5.74, 6) is 0.834. The summed E-state index contributed by atoms with van der Waals surface area (Å²) in [6.45, 7) is 12.8. The van der Waals surface area contributed by atoms with Crippen molar-refractivity contribution < 1.29 is 14.3 Å². The van der Waals surface area contributed by atoms with Gasteiger partial charge in [-0.3, -0.25) is 4.79 Å². The fourth-order valence-corrected chi connectivity index (χ4v) is 2.91. The smallest absolute Gasteiger partial charge is 0.311 e. The number of esters is 1. The van der Waals surface area contributed by atoms with Crippen LogP contribution in [0.5, 0.6) is 5.75 Å². The van der Waals surface area contributed by atoms with Crippen LogP contribution < -0.4 is 10.1 Å². The third kappa shape index (κ3) is 6.52. The lowest BCUT2D eigenvalue weighted by Gasteiger charge is -2.22. The van der Waals surface area contributed by atoms with E-state index in [-0.39, 0.29) is 5.97 Å². The molecule has 0 fully saturated rings. The molecule has 1 aromatic carbocycles. The average molecular weight is 363 g/mol. The lowest BCUT2D eigenvalue weighted by Crippen LogP contribution is -2.31. The summed E-state index contributed by atoms with van der Waals surface area (Å²) in [7, 11) is 0. The Morgan fingerprint density at radius 2 is 2.00 bits per heavy atom. The summed E-state index contributed by atoms with van der Waals surface area (Å²) < 4.78 is 11.2. The average Bonchev–Trinajstić information content (AvgIpc) is 3.06. The van der Waals surface area contributed by atoms with Crippen LogP contribution in [-0.2, 0) is 16.0 Å². The van der Waals surface area contributed by atoms with E-state index in [1.807, 2.05) is 26.8 Å². The maximum absolute atomic E-state index is 11.8. The van der Waals surface area contributed by atoms with Gasteiger partial charge >= 0.3 is 5.97 Å². The first kappa shape index (κ1) is 20.6. The summed E-state index contributed by atoms with van der Waals surface area (Å²) in [5, 5.41) is 3.36. The third-order valence-corrected chi connectivity index (χ3v) is 4.62. The molecule has 0 bridgehead atoms. The molecule has 0 atom stereocenters. The van der Waals surface area contributed by atoms with Crippen molar-refractivity contribution in [1.82, 2.24) is 4.90 Å². The minimum Gasteiger partial charge on any atom is -0.494 e. The zero-order valence-corrected chi connectivity index (χ0v) is 16.8. The molecule has 0 radical (unpaired) electrons. The Balaban J connectivity index is 1.58. The number of hydrogen-bond acceptors (Lipinski definition) is 5. The number of nitrogens with zero attached hydrogens (tertiary/aromatic N) is 1. The highest BCUT2D eigenvalue weighted by Gasteiger charge is 2.22. The highest BCUT2D eigenvalue weighted by atomic mass is 16.5. The number of ether oxygens (including phenoxy) is 2. The molecular formula is C21H34N2O3. The van der Waals surface area contributed by atoms with Gasteiger partial charge in [0.15, 0.2) is 0 Å². The molecule has 0 saturated heterocycles. The lowest BCUT2D eigenvalue weighted by atomic mass is 9.97. The van der Waals surface area contributed by atoms with E-state index in [9.17, 15) is 4.79 Å². The number of benzene rings is 1. The Bertz CT molecular complexity index is 581. The van der Waals surface area contributed by atoms with Gasteiger partial charge in [0.25, 0.3) is 0 Å². The summed E-state index contributed by atoms with van der Waals surface area (Å²) in [6.07, 6.45) is 3.18. The molecule has 5 heteroatoms. The number of rotatable bonds is 10. The number of anilines is 1. The van der Waals surface area contributed by atoms with Crippen molar-refractivity contribution in [2.24, 2.45) is 5.41 Å². The van der Waals surface area contributed by atoms with Crippen molar-refractivity contribution in [3.05, 3.63) is 23.8 Å². The van der Waals surface area contributed by atoms with E-state index in [0.717, 1.165) is 57.8 Å². The number of unbranched alkanes of at least 4 members (excludes halogenated alkanes) is 1. The van der Waals surface area contributed by atoms with Crippen LogP contribution in [0.1, 0.15) is 46.1 Å². The normalized spacial score (nSPS) is 13.4. The van der Waals surface area contributed by atoms with Crippen LogP contribution >= 0.6 is 0 Å². The Morgan fingerprint density at radius 1 is 1.19 bits per heavy atom. The first-order valence-corrected chi connectivity index (χ1v) is 9.79. The number of likely N-dealkylation sites (N-methyl/N-ethyl adjacent to an activating group) is 1. The Kier molecular flexibility index (Phi) is 7.76. The first-order chi connectivity index (χ1) is 12.4. The Hall–Kier alpha value is -1.75. The molecule has 1 heterocycles. The van der Waals surface area contributed by atoms with Crippen molar-refractivity contribution in [3.63, 3.8) is 0 Å². The monoisotopic (exact) mass is 362 g/mol. The van der Waals surface area contributed by atoms with E-state index < -0.39 is 5.41 Å². The van der Waals surface area contributed by atoms with Crippen LogP contribution in [0.3, 0.4) is 0 Å². The summed E-state index contributed by atoms with van der Waals surface area (Å²) in [6, 6.07) is 6.30. The Labute approximate surface area is 158 Å². The zero-order chi connectivity index (χ0) is 19.0. The number of hydrogen-bond donors (Lipinski definition) is 1. The van der Waals surface area contributed by atoms with Crippen LogP contribution in [-0.4, -0.2) is 50.3 Å². The summed E-state index contributed by atoms with van der Waals surface area (Å²) in [5.41, 5.74) is 2.16. The fourth-order valence-electron chi connectivity index (χ4n) is 2.91. The highest BCUT2D eigenvalue weighted by molar-refractivity contribution is 5.75. The molecular weight excluding hydrogens is 328 g/mol. The minimum absolute atomic E-state index is 0.133. The molecule has 0 saturated carbocycles. The minimum atomic E-state index is -0.429. The van der Waals surface area contributed by atoms with Gasteiger partial charge < -0.3 is 19.7 Å². The molecule has 1 aliphatic heterocycles. The van der Waals surface area contributed by atoms with Gasteiger partial charge in [-0.15, -0.1) is 0 Å². The van der Waals surface area contributed by atoms with E-state index in [1.165, 1.54) is 11.3 Å². The molecule has 0 unspecified atom stereocenters. The molecule has 0 aromatic heterocycles. The summed E-state index contributed by atoms with van der Waals surface area (Å²) >= 11 is 0. The first-order valence-electron chi connectivity index (χ1n) is 9.79. The van der Waals surface area contributed by atoms with Crippen molar-refractivity contribution in [3.8, 4) is 5.75 Å². The third-order valence-electron chi connectivity index (χ3n) is 4.62. The molecule has 1 N–H and O–H groups in total. The molecule has 146 valence electrons. The lowest BCUT2D eigenvalue weighted by molar-refractivity contribution is -0.153. The standard InChI is InChI=1S/C21H34N2O3/c1-5-23(13-15-26-20(24)21(2,3)4)12-6-7-14-25-18-8-9-19-17(16-18)10-11-22-19/h8-9,16,22H,5-7,10-15H2,1-4H3. The largest absolute Gasteiger partial charge is 0.494 e. The van der Waals surface area contributed by atoms with E-state index in [1.54, 1.807) is 0 Å². The predicted molar refractivity (Wildman–Crippen MR) is 106 cm³/mol. The van der Waals surface area contributed by atoms with Gasteiger partial charge in [0.05, 0.1) is 12.0 Å². The van der Waals surface area contributed by atoms with Crippen LogP contribution in [0.25, 0.3) is 0 Å². The van der Waals surface area contributed by atoms with Crippen molar-refractivity contribution in [1.29, 1.82) is 0 Å². The van der Waals surface area contributed by atoms with E-state index in [2.05, 4.69) is 29.3 Å². The number of fused-ring (bicyclic) bond motifs is 1. The Morgan fingerprint density at radius 3 is 2.73 bits per heavy atom. The molecule has 1 aliphatic rings. The molecule has 2 rings (SSSR count). The maximum atomic E-state index is 11.8. The van der Waals surface area contributed by atoms with Crippen LogP contribution in [0, 0.1) is 5.41 Å². The van der Waals surface area contributed by atoms with Crippen LogP contribution in [0.4, 0.5) is 5.69 Å². The second-order valence-electron chi connectivity index (χ2n) is 7.87. The van der Waals surface area contributed by atoms with Crippen molar-refractivity contribution >= 4 is 11.7 Å². The topological polar surface area (TPSA) is 50.8 Å². The van der Waals surface area contributed by atoms with Gasteiger partial charge in [-0.05, 0) is 76.9 Å². The number of nitrogens with one attached hydrogen (secondary N) is 1. The maximum Gasteiger partial charge on any atom is 0.311 e. The zero-order valence-electron chi connectivity index (χ0n) is 16.8. The van der Waals surface area contributed by atoms with Gasteiger partial charge in [-0.1, -0.05) is 6.92 Å². The summed E-state index contributed by atoms with van der Waals surface area (Å²) in [4.78, 5) is 14.1. The van der Waals surface area contributed by atoms with Gasteiger partial charge in [-0.25, -0.2) is 0 Å². The van der Waals surface area contributed by atoms with E-state index in [4.69, 9.17) is 9.47 Å². The van der Waals surface area contributed by atoms with Gasteiger partial charge in [0.1, 0.15) is 12.4 Å². The molecule has 0 spiro atoms. The SMILES string of the molecule is CCN(CCCCOc1ccc2c(c1)CCN2)CCOC(=O)C(C)(C)C. The molecule has 5 nitrogen and oxygen atoms in total. The van der Waals surface area contributed by atoms with E-state index >= 15 is 0 Å². The van der Waals surface area contributed by atoms with Crippen LogP contribution in [0.2, 0.25) is 0 Å². The predicted octanol–water partition coefficient (Wildman–Crippen LogP) is 3.72. The number of carbonyl (C=O) groups excluding carboxylic acids is 1. The molecule has 1 aromatic rings. The van der Waals surface area contributed by atoms with Gasteiger partial charge in [-0.2, -0.15) is 0 Å². The molecule has 0 aliphatic carbocycles. The van der Waals surface area contributed by atoms with Crippen molar-refractivity contribution in [2.45, 2.75) is 47.0 Å². The molecule has 0 amide bonds. The fraction of sp³-hybridized carbons (Fsp3) is 0.667. The quantitative estimate of drug-likeness (QED) is 0.508. The van der Waals surface area contributed by atoms with Crippen LogP contribution in [0.15, 0.2) is 18.2 Å². The second-order valence-corrected chi connectivity index (χ2v) is 7.87. The highest BCUT2D eigenvalue weighted by Crippen LogP contribution is 2.26.